The van der Waals surface area contributed by atoms with Crippen LogP contribution in [0.1, 0.15) is 24.8 Å². The van der Waals surface area contributed by atoms with Crippen LogP contribution in [0.15, 0.2) is 24.3 Å². The number of aliphatic carboxylic acids is 1. The molecule has 0 unspecified atom stereocenters. The molecule has 1 fully saturated rings. The average Bonchev–Trinajstić information content (AvgIpc) is 2.45. The highest BCUT2D eigenvalue weighted by Gasteiger charge is 2.27. The lowest BCUT2D eigenvalue weighted by atomic mass is 10.0. The predicted molar refractivity (Wildman–Crippen MR) is 73.5 cm³/mol. The Bertz CT molecular complexity index is 427. The van der Waals surface area contributed by atoms with Crippen molar-refractivity contribution in [1.82, 2.24) is 4.90 Å². The lowest BCUT2D eigenvalue weighted by molar-refractivity contribution is -0.143. The molecule has 4 heteroatoms. The lowest BCUT2D eigenvalue weighted by Crippen LogP contribution is -2.45. The number of hydrogen-bond acceptors (Lipinski definition) is 3. The lowest BCUT2D eigenvalue weighted by Gasteiger charge is -2.32. The number of hydrogen-bond donors (Lipinski definition) is 1. The van der Waals surface area contributed by atoms with E-state index in [0.29, 0.717) is 6.42 Å². The van der Waals surface area contributed by atoms with Crippen molar-refractivity contribution in [2.75, 3.05) is 20.2 Å². The standard InChI is InChI=1S/C15H21NO3/c1-19-14-8-4-3-7-12(14)11-13(15(17)18)16-9-5-2-6-10-16/h3-4,7-8,13H,2,5-6,9-11H2,1H3,(H,17,18)/t13-/m0/s1. The maximum Gasteiger partial charge on any atom is 0.321 e. The average molecular weight is 263 g/mol. The van der Waals surface area contributed by atoms with Crippen molar-refractivity contribution in [2.24, 2.45) is 0 Å². The van der Waals surface area contributed by atoms with Crippen LogP contribution in [0.25, 0.3) is 0 Å². The van der Waals surface area contributed by atoms with Crippen molar-refractivity contribution >= 4 is 5.97 Å². The third-order valence-corrected chi connectivity index (χ3v) is 3.72. The molecule has 4 nitrogen and oxygen atoms in total. The molecule has 0 aromatic heterocycles. The Morgan fingerprint density at radius 2 is 2.00 bits per heavy atom. The first-order valence-electron chi connectivity index (χ1n) is 6.81. The van der Waals surface area contributed by atoms with Crippen LogP contribution in [-0.4, -0.2) is 42.2 Å². The molecule has 1 aliphatic rings. The number of carboxylic acid groups (broad SMARTS) is 1. The zero-order valence-electron chi connectivity index (χ0n) is 11.3. The number of benzene rings is 1. The highest BCUT2D eigenvalue weighted by atomic mass is 16.5. The second-order valence-electron chi connectivity index (χ2n) is 4.97. The fraction of sp³-hybridized carbons (Fsp3) is 0.533. The minimum atomic E-state index is -0.743. The number of rotatable bonds is 5. The van der Waals surface area contributed by atoms with E-state index in [1.807, 2.05) is 24.3 Å². The zero-order valence-corrected chi connectivity index (χ0v) is 11.3. The molecule has 1 heterocycles. The third-order valence-electron chi connectivity index (χ3n) is 3.72. The van der Waals surface area contributed by atoms with Crippen molar-refractivity contribution in [1.29, 1.82) is 0 Å². The van der Waals surface area contributed by atoms with Gasteiger partial charge in [-0.1, -0.05) is 24.6 Å². The molecule has 0 saturated carbocycles. The second kappa shape index (κ2) is 6.57. The smallest absolute Gasteiger partial charge is 0.321 e. The van der Waals surface area contributed by atoms with E-state index in [0.717, 1.165) is 37.2 Å². The van der Waals surface area contributed by atoms with Crippen molar-refractivity contribution in [3.05, 3.63) is 29.8 Å². The van der Waals surface area contributed by atoms with Crippen molar-refractivity contribution < 1.29 is 14.6 Å². The van der Waals surface area contributed by atoms with E-state index in [1.54, 1.807) is 7.11 Å². The second-order valence-corrected chi connectivity index (χ2v) is 4.97. The number of likely N-dealkylation sites (tertiary alicyclic amines) is 1. The van der Waals surface area contributed by atoms with E-state index in [-0.39, 0.29) is 0 Å². The van der Waals surface area contributed by atoms with Crippen LogP contribution in [0, 0.1) is 0 Å². The molecule has 0 aliphatic carbocycles. The molecular weight excluding hydrogens is 242 g/mol. The van der Waals surface area contributed by atoms with Crippen molar-refractivity contribution in [2.45, 2.75) is 31.7 Å². The van der Waals surface area contributed by atoms with Crippen LogP contribution in [0.5, 0.6) is 5.75 Å². The molecule has 1 aliphatic heterocycles. The number of ether oxygens (including phenoxy) is 1. The number of carbonyl (C=O) groups is 1. The summed E-state index contributed by atoms with van der Waals surface area (Å²) >= 11 is 0. The van der Waals surface area contributed by atoms with Crippen molar-refractivity contribution in [3.63, 3.8) is 0 Å². The quantitative estimate of drug-likeness (QED) is 0.884. The highest BCUT2D eigenvalue weighted by molar-refractivity contribution is 5.74. The molecule has 1 atom stereocenters. The Hall–Kier alpha value is -1.55. The van der Waals surface area contributed by atoms with E-state index < -0.39 is 12.0 Å². The molecule has 0 bridgehead atoms. The summed E-state index contributed by atoms with van der Waals surface area (Å²) in [7, 11) is 1.62. The first-order valence-corrected chi connectivity index (χ1v) is 6.81. The summed E-state index contributed by atoms with van der Waals surface area (Å²) in [6, 6.07) is 7.20. The van der Waals surface area contributed by atoms with Crippen LogP contribution < -0.4 is 4.74 Å². The normalized spacial score (nSPS) is 17.9. The van der Waals surface area contributed by atoms with E-state index in [9.17, 15) is 9.90 Å². The molecule has 0 spiro atoms. The van der Waals surface area contributed by atoms with Crippen molar-refractivity contribution in [3.8, 4) is 5.75 Å². The summed E-state index contributed by atoms with van der Waals surface area (Å²) in [4.78, 5) is 13.6. The predicted octanol–water partition coefficient (Wildman–Crippen LogP) is 2.18. The van der Waals surface area contributed by atoms with E-state index >= 15 is 0 Å². The molecule has 0 radical (unpaired) electrons. The molecule has 19 heavy (non-hydrogen) atoms. The minimum absolute atomic E-state index is 0.448. The zero-order chi connectivity index (χ0) is 13.7. The van der Waals surface area contributed by atoms with Crippen LogP contribution in [0.2, 0.25) is 0 Å². The van der Waals surface area contributed by atoms with E-state index in [2.05, 4.69) is 4.90 Å². The molecule has 1 saturated heterocycles. The van der Waals surface area contributed by atoms with Gasteiger partial charge in [-0.3, -0.25) is 9.69 Å². The molecule has 1 aromatic rings. The third kappa shape index (κ3) is 3.47. The van der Waals surface area contributed by atoms with Crippen LogP contribution in [0.3, 0.4) is 0 Å². The molecule has 0 amide bonds. The van der Waals surface area contributed by atoms with Gasteiger partial charge in [-0.05, 0) is 37.6 Å². The summed E-state index contributed by atoms with van der Waals surface area (Å²) in [5.41, 5.74) is 0.961. The largest absolute Gasteiger partial charge is 0.496 e. The van der Waals surface area contributed by atoms with Gasteiger partial charge in [-0.15, -0.1) is 0 Å². The molecule has 104 valence electrons. The Labute approximate surface area is 114 Å². The van der Waals surface area contributed by atoms with Gasteiger partial charge in [-0.25, -0.2) is 0 Å². The van der Waals surface area contributed by atoms with Crippen LogP contribution in [-0.2, 0) is 11.2 Å². The first kappa shape index (κ1) is 13.9. The maximum absolute atomic E-state index is 11.5. The van der Waals surface area contributed by atoms with Gasteiger partial charge < -0.3 is 9.84 Å². The molecular formula is C15H21NO3. The Balaban J connectivity index is 2.13. The number of carboxylic acids is 1. The van der Waals surface area contributed by atoms with Gasteiger partial charge in [-0.2, -0.15) is 0 Å². The van der Waals surface area contributed by atoms with E-state index in [1.165, 1.54) is 6.42 Å². The van der Waals surface area contributed by atoms with Gasteiger partial charge in [0.1, 0.15) is 11.8 Å². The fourth-order valence-corrected chi connectivity index (χ4v) is 2.68. The number of piperidine rings is 1. The summed E-state index contributed by atoms with van der Waals surface area (Å²) in [6.07, 6.45) is 3.89. The molecule has 1 aromatic carbocycles. The summed E-state index contributed by atoms with van der Waals surface area (Å²) in [6.45, 7) is 1.76. The maximum atomic E-state index is 11.5. The van der Waals surface area contributed by atoms with Gasteiger partial charge in [0, 0.05) is 6.42 Å². The van der Waals surface area contributed by atoms with Crippen LogP contribution >= 0.6 is 0 Å². The molecule has 1 N–H and O–H groups in total. The Morgan fingerprint density at radius 1 is 1.32 bits per heavy atom. The number of para-hydroxylation sites is 1. The summed E-state index contributed by atoms with van der Waals surface area (Å²) in [5, 5.41) is 9.47. The SMILES string of the molecule is COc1ccccc1C[C@@H](C(=O)O)N1CCCCC1. The van der Waals surface area contributed by atoms with E-state index in [4.69, 9.17) is 4.74 Å². The molecule has 2 rings (SSSR count). The van der Waals surface area contributed by atoms with Gasteiger partial charge in [0.05, 0.1) is 7.11 Å². The van der Waals surface area contributed by atoms with Gasteiger partial charge in [0.2, 0.25) is 0 Å². The topological polar surface area (TPSA) is 49.8 Å². The monoisotopic (exact) mass is 263 g/mol. The highest BCUT2D eigenvalue weighted by Crippen LogP contribution is 2.22. The first-order chi connectivity index (χ1) is 9.22. The van der Waals surface area contributed by atoms with Gasteiger partial charge >= 0.3 is 5.97 Å². The minimum Gasteiger partial charge on any atom is -0.496 e. The Morgan fingerprint density at radius 3 is 2.63 bits per heavy atom. The van der Waals surface area contributed by atoms with Gasteiger partial charge in [0.25, 0.3) is 0 Å². The summed E-state index contributed by atoms with van der Waals surface area (Å²) in [5.74, 6) is 0.0264. The Kier molecular flexibility index (Phi) is 4.80. The summed E-state index contributed by atoms with van der Waals surface area (Å²) < 4.78 is 5.30. The fourth-order valence-electron chi connectivity index (χ4n) is 2.68. The number of nitrogens with zero attached hydrogens (tertiary/aromatic N) is 1. The van der Waals surface area contributed by atoms with Crippen LogP contribution in [0.4, 0.5) is 0 Å². The van der Waals surface area contributed by atoms with Gasteiger partial charge in [0.15, 0.2) is 0 Å². The number of methoxy groups -OCH3 is 1.